The highest BCUT2D eigenvalue weighted by molar-refractivity contribution is 6.30. The van der Waals surface area contributed by atoms with Gasteiger partial charge < -0.3 is 30.1 Å². The molecule has 15 heteroatoms. The number of nitrogens with one attached hydrogen (secondary N) is 1. The monoisotopic (exact) mass is 777 g/mol. The van der Waals surface area contributed by atoms with Crippen LogP contribution in [0.25, 0.3) is 0 Å². The van der Waals surface area contributed by atoms with E-state index in [1.807, 2.05) is 6.07 Å². The number of hydrogen-bond acceptors (Lipinski definition) is 12. The largest absolute Gasteiger partial charge is 0.395 e. The minimum Gasteiger partial charge on any atom is -0.395 e. The second kappa shape index (κ2) is 25.9. The third-order valence-electron chi connectivity index (χ3n) is 10.3. The number of rotatable bonds is 6. The van der Waals surface area contributed by atoms with Crippen LogP contribution in [-0.4, -0.2) is 144 Å². The Hall–Kier alpha value is -3.05. The van der Waals surface area contributed by atoms with Gasteiger partial charge in [0, 0.05) is 76.6 Å². The lowest BCUT2D eigenvalue weighted by molar-refractivity contribution is 0.112. The molecule has 4 atom stereocenters. The van der Waals surface area contributed by atoms with Gasteiger partial charge in [0.15, 0.2) is 0 Å². The third-order valence-corrected chi connectivity index (χ3v) is 10.6. The molecule has 2 aromatic heterocycles. The second-order valence-corrected chi connectivity index (χ2v) is 13.8. The summed E-state index contributed by atoms with van der Waals surface area (Å²) in [6, 6.07) is 7.81. The Morgan fingerprint density at radius 3 is 1.91 bits per heavy atom. The van der Waals surface area contributed by atoms with E-state index in [-0.39, 0.29) is 36.4 Å². The Bertz CT molecular complexity index is 1420. The van der Waals surface area contributed by atoms with Gasteiger partial charge in [0.1, 0.15) is 34.7 Å². The van der Waals surface area contributed by atoms with Gasteiger partial charge in [0.05, 0.1) is 36.7 Å². The van der Waals surface area contributed by atoms with Gasteiger partial charge in [0.25, 0.3) is 0 Å². The number of anilines is 1. The maximum atomic E-state index is 13.1. The summed E-state index contributed by atoms with van der Waals surface area (Å²) in [4.78, 5) is 16.7. The van der Waals surface area contributed by atoms with Crippen LogP contribution in [0.4, 0.5) is 14.6 Å². The highest BCUT2D eigenvalue weighted by atomic mass is 35.5. The number of aromatic nitrogens is 2. The SMILES string of the molecule is C.C1CCOC1.CCN(CC)CC.N#Cc1cc(F)cnc1Cl.N#Cc1cc(F)cnc1N1CCN2[C@@H](CO)CC[C@H]2C1.OC[C@H]1CC[C@H]2CNCCN12. The van der Waals surface area contributed by atoms with Crippen LogP contribution in [0.1, 0.15) is 77.8 Å². The standard InChI is InChI=1S/C14H17FN4O.C8H16N2O.C6H2ClFN2.C6H15N.C4H8O.CH4/c15-11-5-10(6-16)14(17-7-11)18-3-4-19-12(8-18)1-2-13(19)9-20;11-6-8-2-1-7-5-9-3-4-10(7)8;7-6-4(2-9)1-5(8)3-10-6;1-4-7(5-2)6-3;1-2-4-5-3-1;/h5,7,12-13,20H,1-4,8-9H2;7-9,11H,1-6H2;1,3H;4-6H2,1-3H3;1-4H2;1H4/t12-,13+;7-,8+;;;;/m00..../s1. The molecule has 54 heavy (non-hydrogen) atoms. The minimum absolute atomic E-state index is 0. The lowest BCUT2D eigenvalue weighted by Gasteiger charge is -2.40. The third kappa shape index (κ3) is 14.5. The van der Waals surface area contributed by atoms with E-state index in [0.29, 0.717) is 30.6 Å². The van der Waals surface area contributed by atoms with Gasteiger partial charge >= 0.3 is 0 Å². The molecule has 0 spiro atoms. The first-order valence-corrected chi connectivity index (χ1v) is 19.4. The molecular weight excluding hydrogens is 716 g/mol. The summed E-state index contributed by atoms with van der Waals surface area (Å²) in [5.74, 6) is -0.466. The van der Waals surface area contributed by atoms with E-state index >= 15 is 0 Å². The van der Waals surface area contributed by atoms with Crippen LogP contribution in [0, 0.1) is 34.3 Å². The number of nitrogens with zero attached hydrogens (tertiary/aromatic N) is 8. The zero-order valence-electron chi connectivity index (χ0n) is 31.6. The molecule has 7 rings (SSSR count). The lowest BCUT2D eigenvalue weighted by Crippen LogP contribution is -2.53. The first-order chi connectivity index (χ1) is 25.7. The van der Waals surface area contributed by atoms with E-state index in [4.69, 9.17) is 32.0 Å². The topological polar surface area (TPSA) is 148 Å². The number of nitriles is 2. The van der Waals surface area contributed by atoms with Gasteiger partial charge in [-0.15, -0.1) is 0 Å². The van der Waals surface area contributed by atoms with E-state index in [1.54, 1.807) is 6.07 Å². The van der Waals surface area contributed by atoms with Crippen LogP contribution in [0.2, 0.25) is 5.15 Å². The molecule has 2 aromatic rings. The number of pyridine rings is 2. The van der Waals surface area contributed by atoms with Crippen molar-refractivity contribution in [2.75, 3.05) is 90.2 Å². The average Bonchev–Trinajstić information content (AvgIpc) is 3.99. The van der Waals surface area contributed by atoms with Crippen molar-refractivity contribution in [1.82, 2.24) is 30.0 Å². The normalized spacial score (nSPS) is 22.9. The van der Waals surface area contributed by atoms with Crippen molar-refractivity contribution < 1.29 is 23.7 Å². The molecule has 12 nitrogen and oxygen atoms in total. The Morgan fingerprint density at radius 2 is 1.41 bits per heavy atom. The smallest absolute Gasteiger partial charge is 0.146 e. The lowest BCUT2D eigenvalue weighted by atomic mass is 10.1. The molecule has 5 fully saturated rings. The molecule has 0 unspecified atom stereocenters. The highest BCUT2D eigenvalue weighted by Gasteiger charge is 2.38. The summed E-state index contributed by atoms with van der Waals surface area (Å²) in [5, 5.41) is 39.2. The summed E-state index contributed by atoms with van der Waals surface area (Å²) in [7, 11) is 0. The average molecular weight is 778 g/mol. The van der Waals surface area contributed by atoms with Gasteiger partial charge in [0.2, 0.25) is 0 Å². The number of aliphatic hydroxyl groups is 2. The highest BCUT2D eigenvalue weighted by Crippen LogP contribution is 2.30. The van der Waals surface area contributed by atoms with Crippen molar-refractivity contribution in [3.05, 3.63) is 52.4 Å². The predicted molar refractivity (Wildman–Crippen MR) is 209 cm³/mol. The molecule has 5 aliphatic heterocycles. The van der Waals surface area contributed by atoms with Crippen molar-refractivity contribution in [2.45, 2.75) is 90.9 Å². The van der Waals surface area contributed by atoms with Crippen LogP contribution in [0.15, 0.2) is 24.5 Å². The molecule has 5 saturated heterocycles. The van der Waals surface area contributed by atoms with E-state index < -0.39 is 11.6 Å². The number of fused-ring (bicyclic) bond motifs is 2. The van der Waals surface area contributed by atoms with Crippen LogP contribution < -0.4 is 10.2 Å². The summed E-state index contributed by atoms with van der Waals surface area (Å²) in [6.45, 7) is 18.4. The fourth-order valence-corrected chi connectivity index (χ4v) is 7.41. The fourth-order valence-electron chi connectivity index (χ4n) is 7.27. The van der Waals surface area contributed by atoms with Crippen LogP contribution in [0.3, 0.4) is 0 Å². The summed E-state index contributed by atoms with van der Waals surface area (Å²) < 4.78 is 30.4. The predicted octanol–water partition coefficient (Wildman–Crippen LogP) is 4.68. The van der Waals surface area contributed by atoms with Crippen molar-refractivity contribution in [3.63, 3.8) is 0 Å². The molecular formula is C39H62ClF2N9O3. The quantitative estimate of drug-likeness (QED) is 0.350. The first kappa shape index (κ1) is 47.1. The Kier molecular flexibility index (Phi) is 22.6. The van der Waals surface area contributed by atoms with Gasteiger partial charge in [-0.25, -0.2) is 18.7 Å². The van der Waals surface area contributed by atoms with Crippen molar-refractivity contribution >= 4 is 17.4 Å². The number of hydrogen-bond donors (Lipinski definition) is 3. The van der Waals surface area contributed by atoms with E-state index in [9.17, 15) is 13.9 Å². The maximum Gasteiger partial charge on any atom is 0.146 e. The van der Waals surface area contributed by atoms with Gasteiger partial charge in [-0.1, -0.05) is 39.8 Å². The number of halogens is 3. The van der Waals surface area contributed by atoms with E-state index in [2.05, 4.69) is 55.7 Å². The summed E-state index contributed by atoms with van der Waals surface area (Å²) >= 11 is 5.40. The Labute approximate surface area is 326 Å². The number of aliphatic hydroxyl groups excluding tert-OH is 2. The molecule has 0 bridgehead atoms. The molecule has 3 N–H and O–H groups in total. The van der Waals surface area contributed by atoms with E-state index in [0.717, 1.165) is 83.8 Å². The van der Waals surface area contributed by atoms with Crippen LogP contribution >= 0.6 is 11.6 Å². The molecule has 302 valence electrons. The minimum atomic E-state index is -0.555. The summed E-state index contributed by atoms with van der Waals surface area (Å²) in [6.07, 6.45) is 9.18. The maximum absolute atomic E-state index is 13.1. The number of ether oxygens (including phenoxy) is 1. The molecule has 0 aliphatic carbocycles. The molecule has 0 amide bonds. The van der Waals surface area contributed by atoms with Crippen molar-refractivity contribution in [1.29, 1.82) is 10.5 Å². The van der Waals surface area contributed by atoms with Gasteiger partial charge in [-0.3, -0.25) is 9.80 Å². The second-order valence-electron chi connectivity index (χ2n) is 13.4. The van der Waals surface area contributed by atoms with Crippen molar-refractivity contribution in [3.8, 4) is 12.1 Å². The van der Waals surface area contributed by atoms with Crippen LogP contribution in [-0.2, 0) is 4.74 Å². The number of piperazine rings is 2. The Morgan fingerprint density at radius 1 is 0.852 bits per heavy atom. The first-order valence-electron chi connectivity index (χ1n) is 19.0. The molecule has 5 aliphatic rings. The van der Waals surface area contributed by atoms with Gasteiger partial charge in [-0.2, -0.15) is 10.5 Å². The van der Waals surface area contributed by atoms with E-state index in [1.165, 1.54) is 51.4 Å². The Balaban J connectivity index is 0.000000254. The zero-order chi connectivity index (χ0) is 38.6. The van der Waals surface area contributed by atoms with Gasteiger partial charge in [-0.05, 0) is 70.3 Å². The fraction of sp³-hybridized carbons (Fsp3) is 0.692. The molecule has 0 saturated carbocycles. The zero-order valence-corrected chi connectivity index (χ0v) is 32.3. The summed E-state index contributed by atoms with van der Waals surface area (Å²) in [5.41, 5.74) is 0.344. The molecule has 7 heterocycles. The molecule has 0 aromatic carbocycles. The van der Waals surface area contributed by atoms with Crippen molar-refractivity contribution in [2.24, 2.45) is 0 Å². The van der Waals surface area contributed by atoms with Crippen LogP contribution in [0.5, 0.6) is 0 Å². The molecule has 0 radical (unpaired) electrons.